The van der Waals surface area contributed by atoms with Gasteiger partial charge < -0.3 is 5.73 Å². The zero-order valence-corrected chi connectivity index (χ0v) is 9.95. The van der Waals surface area contributed by atoms with Crippen molar-refractivity contribution < 1.29 is 9.31 Å². The lowest BCUT2D eigenvalue weighted by molar-refractivity contribution is -0.385. The molecular weight excluding hydrogens is 247 g/mol. The summed E-state index contributed by atoms with van der Waals surface area (Å²) in [5, 5.41) is 10.5. The summed E-state index contributed by atoms with van der Waals surface area (Å²) in [7, 11) is 0. The molecule has 0 fully saturated rings. The van der Waals surface area contributed by atoms with Crippen molar-refractivity contribution in [1.29, 1.82) is 0 Å². The Labute approximate surface area is 105 Å². The van der Waals surface area contributed by atoms with Gasteiger partial charge in [-0.1, -0.05) is 6.08 Å². The number of benzene rings is 1. The zero-order valence-electron chi connectivity index (χ0n) is 9.14. The van der Waals surface area contributed by atoms with Crippen LogP contribution in [-0.4, -0.2) is 4.92 Å². The number of hydrogen-bond acceptors (Lipinski definition) is 3. The van der Waals surface area contributed by atoms with Crippen LogP contribution >= 0.6 is 12.4 Å². The van der Waals surface area contributed by atoms with Crippen molar-refractivity contribution in [1.82, 2.24) is 0 Å². The molecule has 0 unspecified atom stereocenters. The Morgan fingerprint density at radius 3 is 2.76 bits per heavy atom. The van der Waals surface area contributed by atoms with E-state index in [2.05, 4.69) is 6.58 Å². The van der Waals surface area contributed by atoms with Crippen LogP contribution in [0.4, 0.5) is 10.1 Å². The molecule has 0 aliphatic heterocycles. The minimum absolute atomic E-state index is 0. The molecule has 0 heterocycles. The fourth-order valence-electron chi connectivity index (χ4n) is 1.38. The number of hydrogen-bond donors (Lipinski definition) is 1. The van der Waals surface area contributed by atoms with Gasteiger partial charge in [0, 0.05) is 23.7 Å². The first-order chi connectivity index (χ1) is 7.56. The first kappa shape index (κ1) is 15.5. The molecule has 0 saturated heterocycles. The first-order valence-corrected chi connectivity index (χ1v) is 4.86. The van der Waals surface area contributed by atoms with E-state index in [0.29, 0.717) is 12.8 Å². The molecule has 6 heteroatoms. The molecule has 1 rings (SSSR count). The van der Waals surface area contributed by atoms with E-state index < -0.39 is 16.8 Å². The molecule has 94 valence electrons. The van der Waals surface area contributed by atoms with Gasteiger partial charge in [0.15, 0.2) is 0 Å². The van der Waals surface area contributed by atoms with Crippen LogP contribution in [-0.2, 0) is 0 Å². The van der Waals surface area contributed by atoms with Crippen molar-refractivity contribution in [3.63, 3.8) is 0 Å². The summed E-state index contributed by atoms with van der Waals surface area (Å²) in [5.74, 6) is -0.512. The van der Waals surface area contributed by atoms with Crippen LogP contribution in [0, 0.1) is 15.9 Å². The summed E-state index contributed by atoms with van der Waals surface area (Å²) in [6, 6.07) is 2.83. The predicted molar refractivity (Wildman–Crippen MR) is 66.7 cm³/mol. The summed E-state index contributed by atoms with van der Waals surface area (Å²) in [6.07, 6.45) is 2.83. The minimum Gasteiger partial charge on any atom is -0.324 e. The van der Waals surface area contributed by atoms with Crippen molar-refractivity contribution >= 4 is 18.1 Å². The number of rotatable bonds is 5. The monoisotopic (exact) mass is 260 g/mol. The van der Waals surface area contributed by atoms with Crippen molar-refractivity contribution in [2.24, 2.45) is 5.73 Å². The lowest BCUT2D eigenvalue weighted by Crippen LogP contribution is -2.12. The summed E-state index contributed by atoms with van der Waals surface area (Å²) in [6.45, 7) is 3.54. The van der Waals surface area contributed by atoms with E-state index in [9.17, 15) is 14.5 Å². The average molecular weight is 261 g/mol. The quantitative estimate of drug-likeness (QED) is 0.502. The molecule has 0 aliphatic rings. The molecule has 17 heavy (non-hydrogen) atoms. The van der Waals surface area contributed by atoms with Crippen molar-refractivity contribution in [2.75, 3.05) is 0 Å². The highest BCUT2D eigenvalue weighted by Gasteiger charge is 2.15. The van der Waals surface area contributed by atoms with E-state index >= 15 is 0 Å². The molecule has 1 aromatic rings. The molecule has 4 nitrogen and oxygen atoms in total. The van der Waals surface area contributed by atoms with Crippen LogP contribution in [0.1, 0.15) is 24.4 Å². The van der Waals surface area contributed by atoms with E-state index in [1.54, 1.807) is 6.08 Å². The molecule has 0 aliphatic carbocycles. The van der Waals surface area contributed by atoms with Gasteiger partial charge in [-0.25, -0.2) is 4.39 Å². The topological polar surface area (TPSA) is 69.2 Å². The number of halogens is 2. The Bertz CT molecular complexity index is 412. The Balaban J connectivity index is 0.00000256. The number of nitrogens with zero attached hydrogens (tertiary/aromatic N) is 1. The van der Waals surface area contributed by atoms with Crippen LogP contribution < -0.4 is 5.73 Å². The van der Waals surface area contributed by atoms with E-state index in [1.165, 1.54) is 6.07 Å². The van der Waals surface area contributed by atoms with Crippen molar-refractivity contribution in [2.45, 2.75) is 18.9 Å². The van der Waals surface area contributed by atoms with Gasteiger partial charge in [-0.2, -0.15) is 0 Å². The fourth-order valence-corrected chi connectivity index (χ4v) is 1.38. The summed E-state index contributed by atoms with van der Waals surface area (Å²) >= 11 is 0. The van der Waals surface area contributed by atoms with Gasteiger partial charge in [0.2, 0.25) is 0 Å². The van der Waals surface area contributed by atoms with Gasteiger partial charge in [0.25, 0.3) is 5.69 Å². The van der Waals surface area contributed by atoms with Gasteiger partial charge in [-0.05, 0) is 18.9 Å². The first-order valence-electron chi connectivity index (χ1n) is 4.86. The van der Waals surface area contributed by atoms with Gasteiger partial charge >= 0.3 is 0 Å². The zero-order chi connectivity index (χ0) is 12.1. The normalized spacial score (nSPS) is 11.4. The lowest BCUT2D eigenvalue weighted by Gasteiger charge is -2.11. The van der Waals surface area contributed by atoms with Crippen LogP contribution in [0.15, 0.2) is 30.9 Å². The van der Waals surface area contributed by atoms with E-state index in [-0.39, 0.29) is 23.7 Å². The van der Waals surface area contributed by atoms with E-state index in [1.807, 2.05) is 0 Å². The second-order valence-electron chi connectivity index (χ2n) is 3.44. The molecule has 0 radical (unpaired) electrons. The number of nitro benzene ring substituents is 1. The van der Waals surface area contributed by atoms with Gasteiger partial charge in [-0.3, -0.25) is 10.1 Å². The van der Waals surface area contributed by atoms with E-state index in [0.717, 1.165) is 12.1 Å². The molecule has 2 N–H and O–H groups in total. The molecule has 0 aromatic heterocycles. The maximum absolute atomic E-state index is 13.4. The molecule has 1 aromatic carbocycles. The Morgan fingerprint density at radius 1 is 1.59 bits per heavy atom. The van der Waals surface area contributed by atoms with Crippen LogP contribution in [0.3, 0.4) is 0 Å². The minimum atomic E-state index is -0.566. The number of nitro groups is 1. The Morgan fingerprint density at radius 2 is 2.24 bits per heavy atom. The second-order valence-corrected chi connectivity index (χ2v) is 3.44. The highest BCUT2D eigenvalue weighted by atomic mass is 35.5. The molecular formula is C11H14ClFN2O2. The van der Waals surface area contributed by atoms with Gasteiger partial charge in [0.05, 0.1) is 4.92 Å². The van der Waals surface area contributed by atoms with Gasteiger partial charge in [-0.15, -0.1) is 19.0 Å². The van der Waals surface area contributed by atoms with E-state index in [4.69, 9.17) is 5.73 Å². The molecule has 0 amide bonds. The summed E-state index contributed by atoms with van der Waals surface area (Å²) < 4.78 is 13.4. The highest BCUT2D eigenvalue weighted by molar-refractivity contribution is 5.85. The SMILES string of the molecule is C=CCC[C@H](N)c1cc([N+](=O)[O-])ccc1F.Cl. The third kappa shape index (κ3) is 4.13. The third-order valence-corrected chi connectivity index (χ3v) is 2.27. The van der Waals surface area contributed by atoms with Crippen LogP contribution in [0.25, 0.3) is 0 Å². The van der Waals surface area contributed by atoms with Crippen LogP contribution in [0.2, 0.25) is 0 Å². The Hall–Kier alpha value is -1.46. The maximum Gasteiger partial charge on any atom is 0.269 e. The molecule has 0 saturated carbocycles. The molecule has 1 atom stereocenters. The van der Waals surface area contributed by atoms with Gasteiger partial charge in [0.1, 0.15) is 5.82 Å². The Kier molecular flexibility index (Phi) is 6.38. The van der Waals surface area contributed by atoms with Crippen molar-refractivity contribution in [3.05, 3.63) is 52.3 Å². The number of allylic oxidation sites excluding steroid dienone is 1. The smallest absolute Gasteiger partial charge is 0.269 e. The largest absolute Gasteiger partial charge is 0.324 e. The number of non-ortho nitro benzene ring substituents is 1. The fraction of sp³-hybridized carbons (Fsp3) is 0.273. The molecule has 0 spiro atoms. The maximum atomic E-state index is 13.4. The lowest BCUT2D eigenvalue weighted by atomic mass is 10.0. The molecule has 0 bridgehead atoms. The predicted octanol–water partition coefficient (Wildman–Crippen LogP) is 3.12. The van der Waals surface area contributed by atoms with Crippen LogP contribution in [0.5, 0.6) is 0 Å². The summed E-state index contributed by atoms with van der Waals surface area (Å²) in [4.78, 5) is 9.96. The average Bonchev–Trinajstić information content (AvgIpc) is 2.26. The number of nitrogens with two attached hydrogens (primary N) is 1. The second kappa shape index (κ2) is 6.98. The third-order valence-electron chi connectivity index (χ3n) is 2.27. The highest BCUT2D eigenvalue weighted by Crippen LogP contribution is 2.24. The standard InChI is InChI=1S/C11H13FN2O2.ClH/c1-2-3-4-11(13)9-7-8(14(15)16)5-6-10(9)12;/h2,5-7,11H,1,3-4,13H2;1H/t11-;/m0./s1. The van der Waals surface area contributed by atoms with Crippen molar-refractivity contribution in [3.8, 4) is 0 Å². The summed E-state index contributed by atoms with van der Waals surface area (Å²) in [5.41, 5.74) is 5.77.